The van der Waals surface area contributed by atoms with Crippen molar-refractivity contribution < 1.29 is 4.74 Å². The van der Waals surface area contributed by atoms with Crippen LogP contribution in [-0.4, -0.2) is 11.4 Å². The van der Waals surface area contributed by atoms with E-state index < -0.39 is 0 Å². The lowest BCUT2D eigenvalue weighted by molar-refractivity contribution is 0.213. The van der Waals surface area contributed by atoms with Crippen molar-refractivity contribution >= 4 is 27.5 Å². The van der Waals surface area contributed by atoms with Gasteiger partial charge in [-0.1, -0.05) is 57.9 Å². The van der Waals surface area contributed by atoms with E-state index in [1.807, 2.05) is 18.2 Å². The van der Waals surface area contributed by atoms with E-state index in [0.717, 1.165) is 28.9 Å². The molecule has 0 amide bonds. The fourth-order valence-electron chi connectivity index (χ4n) is 2.73. The van der Waals surface area contributed by atoms with Crippen molar-refractivity contribution in [3.05, 3.63) is 64.7 Å². The van der Waals surface area contributed by atoms with Gasteiger partial charge < -0.3 is 4.74 Å². The molecule has 0 saturated carbocycles. The van der Waals surface area contributed by atoms with Crippen LogP contribution in [0.25, 0.3) is 0 Å². The van der Waals surface area contributed by atoms with Gasteiger partial charge in [0.05, 0.1) is 0 Å². The zero-order valence-electron chi connectivity index (χ0n) is 11.1. The first kappa shape index (κ1) is 14.0. The zero-order chi connectivity index (χ0) is 13.9. The molecule has 1 aliphatic rings. The van der Waals surface area contributed by atoms with E-state index in [-0.39, 0.29) is 6.10 Å². The maximum absolute atomic E-state index is 6.04. The van der Waals surface area contributed by atoms with E-state index in [9.17, 15) is 0 Å². The highest BCUT2D eigenvalue weighted by molar-refractivity contribution is 9.09. The topological polar surface area (TPSA) is 9.23 Å². The molecule has 20 heavy (non-hydrogen) atoms. The van der Waals surface area contributed by atoms with Crippen molar-refractivity contribution in [2.75, 3.05) is 5.33 Å². The van der Waals surface area contributed by atoms with Gasteiger partial charge in [-0.25, -0.2) is 0 Å². The number of rotatable bonds is 4. The first-order valence-corrected chi connectivity index (χ1v) is 8.32. The van der Waals surface area contributed by atoms with Crippen molar-refractivity contribution in [2.24, 2.45) is 0 Å². The molecule has 2 unspecified atom stereocenters. The number of ether oxygens (including phenoxy) is 1. The van der Waals surface area contributed by atoms with Crippen LogP contribution in [0, 0.1) is 0 Å². The van der Waals surface area contributed by atoms with Gasteiger partial charge in [-0.05, 0) is 41.7 Å². The maximum atomic E-state index is 6.04. The normalized spacial score (nSPS) is 18.4. The van der Waals surface area contributed by atoms with Gasteiger partial charge in [-0.3, -0.25) is 0 Å². The Morgan fingerprint density at radius 2 is 1.90 bits per heavy atom. The van der Waals surface area contributed by atoms with E-state index in [4.69, 9.17) is 16.3 Å². The van der Waals surface area contributed by atoms with Gasteiger partial charge in [0.2, 0.25) is 0 Å². The molecular weight excluding hydrogens is 336 g/mol. The van der Waals surface area contributed by atoms with Crippen molar-refractivity contribution in [1.29, 1.82) is 0 Å². The molecular formula is C17H16BrClO. The smallest absolute Gasteiger partial charge is 0.123 e. The van der Waals surface area contributed by atoms with Crippen LogP contribution in [0.5, 0.6) is 5.75 Å². The summed E-state index contributed by atoms with van der Waals surface area (Å²) in [6, 6.07) is 16.4. The molecule has 3 rings (SSSR count). The first-order valence-electron chi connectivity index (χ1n) is 6.82. The third kappa shape index (κ3) is 3.02. The second kappa shape index (κ2) is 6.19. The summed E-state index contributed by atoms with van der Waals surface area (Å²) in [5, 5.41) is 1.72. The minimum absolute atomic E-state index is 0.269. The van der Waals surface area contributed by atoms with Crippen LogP contribution in [0.4, 0.5) is 0 Å². The summed E-state index contributed by atoms with van der Waals surface area (Å²) in [4.78, 5) is 0. The summed E-state index contributed by atoms with van der Waals surface area (Å²) >= 11 is 9.58. The van der Waals surface area contributed by atoms with Crippen LogP contribution in [0.15, 0.2) is 48.5 Å². The average Bonchev–Trinajstić information content (AvgIpc) is 2.88. The van der Waals surface area contributed by atoms with Crippen LogP contribution >= 0.6 is 27.5 Å². The van der Waals surface area contributed by atoms with Gasteiger partial charge >= 0.3 is 0 Å². The van der Waals surface area contributed by atoms with Crippen LogP contribution in [0.1, 0.15) is 23.5 Å². The highest BCUT2D eigenvalue weighted by atomic mass is 79.9. The number of para-hydroxylation sites is 1. The van der Waals surface area contributed by atoms with Crippen molar-refractivity contribution in [3.8, 4) is 5.75 Å². The SMILES string of the molecule is Clc1ccc(C(CBr)CC2Cc3ccccc3O2)cc1. The minimum atomic E-state index is 0.269. The Labute approximate surface area is 133 Å². The molecule has 2 atom stereocenters. The monoisotopic (exact) mass is 350 g/mol. The van der Waals surface area contributed by atoms with Crippen molar-refractivity contribution in [1.82, 2.24) is 0 Å². The van der Waals surface area contributed by atoms with Crippen molar-refractivity contribution in [2.45, 2.75) is 24.9 Å². The summed E-state index contributed by atoms with van der Waals surface area (Å²) in [7, 11) is 0. The molecule has 0 aromatic heterocycles. The third-order valence-electron chi connectivity index (χ3n) is 3.79. The summed E-state index contributed by atoms with van der Waals surface area (Å²) < 4.78 is 6.04. The molecule has 1 nitrogen and oxygen atoms in total. The Bertz CT molecular complexity index is 557. The van der Waals surface area contributed by atoms with Crippen LogP contribution < -0.4 is 4.74 Å². The Morgan fingerprint density at radius 1 is 1.15 bits per heavy atom. The quantitative estimate of drug-likeness (QED) is 0.687. The summed E-state index contributed by atoms with van der Waals surface area (Å²) in [5.74, 6) is 1.49. The molecule has 0 spiro atoms. The Balaban J connectivity index is 1.69. The van der Waals surface area contributed by atoms with E-state index in [1.165, 1.54) is 11.1 Å². The fraction of sp³-hybridized carbons (Fsp3) is 0.294. The zero-order valence-corrected chi connectivity index (χ0v) is 13.4. The molecule has 3 heteroatoms. The fourth-order valence-corrected chi connectivity index (χ4v) is 3.49. The van der Waals surface area contributed by atoms with Gasteiger partial charge in [0.15, 0.2) is 0 Å². The van der Waals surface area contributed by atoms with E-state index in [0.29, 0.717) is 5.92 Å². The number of halogens is 2. The van der Waals surface area contributed by atoms with Crippen LogP contribution in [0.3, 0.4) is 0 Å². The maximum Gasteiger partial charge on any atom is 0.123 e. The highest BCUT2D eigenvalue weighted by Gasteiger charge is 2.25. The standard InChI is InChI=1S/C17H16BrClO/c18-11-14(12-5-7-15(19)8-6-12)10-16-9-13-3-1-2-4-17(13)20-16/h1-8,14,16H,9-11H2. The van der Waals surface area contributed by atoms with Gasteiger partial charge in [-0.15, -0.1) is 0 Å². The number of fused-ring (bicyclic) bond motifs is 1. The molecule has 0 radical (unpaired) electrons. The first-order chi connectivity index (χ1) is 9.76. The minimum Gasteiger partial charge on any atom is -0.490 e. The number of hydrogen-bond acceptors (Lipinski definition) is 1. The lowest BCUT2D eigenvalue weighted by Gasteiger charge is -2.19. The van der Waals surface area contributed by atoms with E-state index >= 15 is 0 Å². The lowest BCUT2D eigenvalue weighted by atomic mass is 9.93. The Kier molecular flexibility index (Phi) is 4.32. The van der Waals surface area contributed by atoms with Crippen molar-refractivity contribution in [3.63, 3.8) is 0 Å². The molecule has 0 bridgehead atoms. The Hall–Kier alpha value is -0.990. The largest absolute Gasteiger partial charge is 0.490 e. The molecule has 2 aromatic rings. The van der Waals surface area contributed by atoms with Gasteiger partial charge in [0.25, 0.3) is 0 Å². The second-order valence-electron chi connectivity index (χ2n) is 5.19. The lowest BCUT2D eigenvalue weighted by Crippen LogP contribution is -2.18. The third-order valence-corrected chi connectivity index (χ3v) is 4.82. The summed E-state index contributed by atoms with van der Waals surface area (Å²) in [6.07, 6.45) is 2.29. The highest BCUT2D eigenvalue weighted by Crippen LogP contribution is 2.34. The second-order valence-corrected chi connectivity index (χ2v) is 6.27. The molecule has 0 N–H and O–H groups in total. The van der Waals surface area contributed by atoms with Gasteiger partial charge in [0.1, 0.15) is 11.9 Å². The molecule has 1 heterocycles. The van der Waals surface area contributed by atoms with Gasteiger partial charge in [-0.2, -0.15) is 0 Å². The van der Waals surface area contributed by atoms with Crippen LogP contribution in [-0.2, 0) is 6.42 Å². The molecule has 0 saturated heterocycles. The summed E-state index contributed by atoms with van der Waals surface area (Å²) in [6.45, 7) is 0. The number of alkyl halides is 1. The summed E-state index contributed by atoms with van der Waals surface area (Å²) in [5.41, 5.74) is 2.63. The predicted molar refractivity (Wildman–Crippen MR) is 87.2 cm³/mol. The molecule has 104 valence electrons. The molecule has 1 aliphatic heterocycles. The Morgan fingerprint density at radius 3 is 2.60 bits per heavy atom. The number of hydrogen-bond donors (Lipinski definition) is 0. The number of benzene rings is 2. The molecule has 2 aromatic carbocycles. The average molecular weight is 352 g/mol. The van der Waals surface area contributed by atoms with Gasteiger partial charge in [0, 0.05) is 16.8 Å². The van der Waals surface area contributed by atoms with Crippen LogP contribution in [0.2, 0.25) is 5.02 Å². The van der Waals surface area contributed by atoms with E-state index in [2.05, 4.69) is 46.3 Å². The molecule has 0 fully saturated rings. The predicted octanol–water partition coefficient (Wildman–Crippen LogP) is 5.21. The molecule has 0 aliphatic carbocycles. The van der Waals surface area contributed by atoms with E-state index in [1.54, 1.807) is 0 Å².